The Morgan fingerprint density at radius 2 is 1.67 bits per heavy atom. The van der Waals surface area contributed by atoms with Crippen LogP contribution < -0.4 is 0 Å². The van der Waals surface area contributed by atoms with Crippen molar-refractivity contribution < 1.29 is 14.7 Å². The highest BCUT2D eigenvalue weighted by molar-refractivity contribution is 5.82. The molecule has 5 nitrogen and oxygen atoms in total. The summed E-state index contributed by atoms with van der Waals surface area (Å²) in [5.74, 6) is 0.933. The summed E-state index contributed by atoms with van der Waals surface area (Å²) in [6.07, 6.45) is 7.69. The van der Waals surface area contributed by atoms with Gasteiger partial charge in [-0.05, 0) is 44.4 Å². The molecule has 0 radical (unpaired) electrons. The monoisotopic (exact) mass is 336 g/mol. The van der Waals surface area contributed by atoms with Crippen LogP contribution in [-0.2, 0) is 9.59 Å². The molecule has 1 unspecified atom stereocenters. The SMILES string of the molecule is CC1CCN(C(=O)C2CCCN(C(=O)CC3(O)CCCC3)C2)CC1. The van der Waals surface area contributed by atoms with Gasteiger partial charge in [0, 0.05) is 26.2 Å². The van der Waals surface area contributed by atoms with Gasteiger partial charge in [-0.2, -0.15) is 0 Å². The summed E-state index contributed by atoms with van der Waals surface area (Å²) in [4.78, 5) is 29.2. The largest absolute Gasteiger partial charge is 0.389 e. The van der Waals surface area contributed by atoms with Gasteiger partial charge in [-0.25, -0.2) is 0 Å². The summed E-state index contributed by atoms with van der Waals surface area (Å²) in [6, 6.07) is 0. The standard InChI is InChI=1S/C19H32N2O3/c1-15-6-11-20(12-7-15)18(23)16-5-4-10-21(14-16)17(22)13-19(24)8-2-3-9-19/h15-16,24H,2-14H2,1H3. The Bertz CT molecular complexity index is 465. The van der Waals surface area contributed by atoms with E-state index in [2.05, 4.69) is 6.92 Å². The number of carbonyl (C=O) groups excluding carboxylic acids is 2. The first-order valence-electron chi connectivity index (χ1n) is 9.76. The van der Waals surface area contributed by atoms with E-state index in [-0.39, 0.29) is 24.2 Å². The highest BCUT2D eigenvalue weighted by Crippen LogP contribution is 2.33. The van der Waals surface area contributed by atoms with E-state index >= 15 is 0 Å². The number of likely N-dealkylation sites (tertiary alicyclic amines) is 2. The summed E-state index contributed by atoms with van der Waals surface area (Å²) in [6.45, 7) is 5.25. The number of rotatable bonds is 3. The van der Waals surface area contributed by atoms with Gasteiger partial charge in [0.15, 0.2) is 0 Å². The lowest BCUT2D eigenvalue weighted by atomic mass is 9.92. The van der Waals surface area contributed by atoms with Crippen LogP contribution in [0.4, 0.5) is 0 Å². The third-order valence-electron chi connectivity index (χ3n) is 6.23. The van der Waals surface area contributed by atoms with Crippen LogP contribution in [0.3, 0.4) is 0 Å². The second-order valence-corrected chi connectivity index (χ2v) is 8.29. The van der Waals surface area contributed by atoms with E-state index in [4.69, 9.17) is 0 Å². The number of aliphatic hydroxyl groups is 1. The van der Waals surface area contributed by atoms with Crippen LogP contribution in [0.2, 0.25) is 0 Å². The fourth-order valence-corrected chi connectivity index (χ4v) is 4.50. The summed E-state index contributed by atoms with van der Waals surface area (Å²) in [7, 11) is 0. The number of hydrogen-bond donors (Lipinski definition) is 1. The van der Waals surface area contributed by atoms with Gasteiger partial charge in [-0.15, -0.1) is 0 Å². The van der Waals surface area contributed by atoms with E-state index in [1.807, 2.05) is 9.80 Å². The molecule has 1 atom stereocenters. The topological polar surface area (TPSA) is 60.9 Å². The Morgan fingerprint density at radius 3 is 2.33 bits per heavy atom. The van der Waals surface area contributed by atoms with Crippen molar-refractivity contribution in [3.8, 4) is 0 Å². The van der Waals surface area contributed by atoms with Crippen LogP contribution in [0, 0.1) is 11.8 Å². The molecule has 2 amide bonds. The molecule has 0 aromatic carbocycles. The maximum absolute atomic E-state index is 12.8. The number of carbonyl (C=O) groups is 2. The minimum absolute atomic E-state index is 0.0316. The molecule has 2 saturated heterocycles. The van der Waals surface area contributed by atoms with Gasteiger partial charge in [-0.1, -0.05) is 19.8 Å². The lowest BCUT2D eigenvalue weighted by Gasteiger charge is -2.38. The number of piperidine rings is 2. The number of hydrogen-bond acceptors (Lipinski definition) is 3. The molecule has 1 saturated carbocycles. The van der Waals surface area contributed by atoms with E-state index in [1.54, 1.807) is 0 Å². The zero-order valence-electron chi connectivity index (χ0n) is 15.0. The van der Waals surface area contributed by atoms with E-state index in [1.165, 1.54) is 0 Å². The average Bonchev–Trinajstić information content (AvgIpc) is 3.01. The normalized spacial score (nSPS) is 28.2. The Labute approximate surface area is 145 Å². The van der Waals surface area contributed by atoms with Crippen molar-refractivity contribution in [1.82, 2.24) is 9.80 Å². The maximum atomic E-state index is 12.8. The molecule has 3 rings (SSSR count). The third kappa shape index (κ3) is 4.11. The van der Waals surface area contributed by atoms with Crippen molar-refractivity contribution in [1.29, 1.82) is 0 Å². The summed E-state index contributed by atoms with van der Waals surface area (Å²) in [5, 5.41) is 10.5. The molecule has 2 aliphatic heterocycles. The minimum Gasteiger partial charge on any atom is -0.389 e. The molecule has 24 heavy (non-hydrogen) atoms. The molecule has 2 heterocycles. The highest BCUT2D eigenvalue weighted by atomic mass is 16.3. The molecule has 1 N–H and O–H groups in total. The van der Waals surface area contributed by atoms with Crippen LogP contribution in [0.15, 0.2) is 0 Å². The Kier molecular flexibility index (Phi) is 5.48. The lowest BCUT2D eigenvalue weighted by Crippen LogP contribution is -2.49. The molecule has 0 aromatic heterocycles. The van der Waals surface area contributed by atoms with Crippen molar-refractivity contribution in [2.75, 3.05) is 26.2 Å². The quantitative estimate of drug-likeness (QED) is 0.859. The van der Waals surface area contributed by atoms with Crippen LogP contribution in [0.1, 0.15) is 64.7 Å². The molecule has 1 aliphatic carbocycles. The molecule has 3 aliphatic rings. The smallest absolute Gasteiger partial charge is 0.227 e. The molecule has 0 spiro atoms. The first kappa shape index (κ1) is 17.7. The van der Waals surface area contributed by atoms with Crippen LogP contribution in [-0.4, -0.2) is 58.5 Å². The van der Waals surface area contributed by atoms with Gasteiger partial charge in [-0.3, -0.25) is 9.59 Å². The second-order valence-electron chi connectivity index (χ2n) is 8.29. The summed E-state index contributed by atoms with van der Waals surface area (Å²) in [5.41, 5.74) is -0.795. The minimum atomic E-state index is -0.795. The van der Waals surface area contributed by atoms with Gasteiger partial charge in [0.2, 0.25) is 11.8 Å². The number of amides is 2. The molecule has 0 aromatic rings. The number of nitrogens with zero attached hydrogens (tertiary/aromatic N) is 2. The fourth-order valence-electron chi connectivity index (χ4n) is 4.50. The zero-order chi connectivity index (χ0) is 17.2. The van der Waals surface area contributed by atoms with E-state index in [0.717, 1.165) is 71.0 Å². The van der Waals surface area contributed by atoms with E-state index in [9.17, 15) is 14.7 Å². The second kappa shape index (κ2) is 7.42. The predicted molar refractivity (Wildman–Crippen MR) is 92.3 cm³/mol. The average molecular weight is 336 g/mol. The maximum Gasteiger partial charge on any atom is 0.227 e. The Morgan fingerprint density at radius 1 is 1.00 bits per heavy atom. The van der Waals surface area contributed by atoms with Crippen LogP contribution >= 0.6 is 0 Å². The molecule has 0 bridgehead atoms. The first-order chi connectivity index (χ1) is 11.5. The molecule has 5 heteroatoms. The molecule has 136 valence electrons. The van der Waals surface area contributed by atoms with Crippen molar-refractivity contribution >= 4 is 11.8 Å². The first-order valence-corrected chi connectivity index (χ1v) is 9.76. The molecular weight excluding hydrogens is 304 g/mol. The van der Waals surface area contributed by atoms with Gasteiger partial charge >= 0.3 is 0 Å². The Balaban J connectivity index is 1.53. The van der Waals surface area contributed by atoms with Crippen molar-refractivity contribution in [2.24, 2.45) is 11.8 Å². The Hall–Kier alpha value is -1.10. The van der Waals surface area contributed by atoms with Gasteiger partial charge in [0.05, 0.1) is 17.9 Å². The summed E-state index contributed by atoms with van der Waals surface area (Å²) < 4.78 is 0. The van der Waals surface area contributed by atoms with Crippen LogP contribution in [0.25, 0.3) is 0 Å². The fraction of sp³-hybridized carbons (Fsp3) is 0.895. The lowest BCUT2D eigenvalue weighted by molar-refractivity contribution is -0.143. The van der Waals surface area contributed by atoms with Crippen molar-refractivity contribution in [3.05, 3.63) is 0 Å². The third-order valence-corrected chi connectivity index (χ3v) is 6.23. The van der Waals surface area contributed by atoms with Crippen molar-refractivity contribution in [2.45, 2.75) is 70.3 Å². The van der Waals surface area contributed by atoms with E-state index in [0.29, 0.717) is 12.5 Å². The van der Waals surface area contributed by atoms with E-state index < -0.39 is 5.60 Å². The van der Waals surface area contributed by atoms with Gasteiger partial charge in [0.25, 0.3) is 0 Å². The van der Waals surface area contributed by atoms with Crippen LogP contribution in [0.5, 0.6) is 0 Å². The van der Waals surface area contributed by atoms with Crippen molar-refractivity contribution in [3.63, 3.8) is 0 Å². The van der Waals surface area contributed by atoms with Gasteiger partial charge in [0.1, 0.15) is 0 Å². The predicted octanol–water partition coefficient (Wildman–Crippen LogP) is 2.18. The zero-order valence-corrected chi connectivity index (χ0v) is 15.0. The molecule has 3 fully saturated rings. The summed E-state index contributed by atoms with van der Waals surface area (Å²) >= 11 is 0. The molecular formula is C19H32N2O3. The highest BCUT2D eigenvalue weighted by Gasteiger charge is 2.37. The van der Waals surface area contributed by atoms with Gasteiger partial charge < -0.3 is 14.9 Å².